The Bertz CT molecular complexity index is 843. The zero-order valence-corrected chi connectivity index (χ0v) is 15.9. The lowest BCUT2D eigenvalue weighted by Gasteiger charge is -2.31. The molecule has 2 aromatic rings. The average Bonchev–Trinajstić information content (AvgIpc) is 2.89. The lowest BCUT2D eigenvalue weighted by atomic mass is 10.1. The van der Waals surface area contributed by atoms with E-state index in [1.807, 2.05) is 31.2 Å². The predicted octanol–water partition coefficient (Wildman–Crippen LogP) is 2.82. The fraction of sp³-hybridized carbons (Fsp3) is 0.471. The van der Waals surface area contributed by atoms with Crippen molar-refractivity contribution in [1.82, 2.24) is 14.6 Å². The van der Waals surface area contributed by atoms with E-state index in [4.69, 9.17) is 16.0 Å². The fourth-order valence-electron chi connectivity index (χ4n) is 3.05. The van der Waals surface area contributed by atoms with Crippen molar-refractivity contribution in [2.75, 3.05) is 19.3 Å². The highest BCUT2D eigenvalue weighted by molar-refractivity contribution is 7.88. The molecule has 25 heavy (non-hydrogen) atoms. The van der Waals surface area contributed by atoms with Gasteiger partial charge < -0.3 is 4.42 Å². The summed E-state index contributed by atoms with van der Waals surface area (Å²) >= 11 is 6.21. The largest absolute Gasteiger partial charge is 0.441 e. The minimum Gasteiger partial charge on any atom is -0.441 e. The van der Waals surface area contributed by atoms with Gasteiger partial charge in [-0.2, -0.15) is 0 Å². The number of aromatic nitrogens is 1. The molecule has 136 valence electrons. The van der Waals surface area contributed by atoms with Gasteiger partial charge >= 0.3 is 0 Å². The van der Waals surface area contributed by atoms with E-state index in [9.17, 15) is 8.42 Å². The average molecular weight is 384 g/mol. The molecule has 2 heterocycles. The summed E-state index contributed by atoms with van der Waals surface area (Å²) in [5.41, 5.74) is 1.68. The second-order valence-electron chi connectivity index (χ2n) is 6.44. The van der Waals surface area contributed by atoms with Crippen LogP contribution in [0.1, 0.15) is 24.3 Å². The second kappa shape index (κ2) is 7.45. The maximum Gasteiger partial charge on any atom is 0.228 e. The van der Waals surface area contributed by atoms with Gasteiger partial charge in [-0.05, 0) is 31.9 Å². The van der Waals surface area contributed by atoms with Gasteiger partial charge in [0.1, 0.15) is 5.76 Å². The fourth-order valence-corrected chi connectivity index (χ4v) is 4.11. The van der Waals surface area contributed by atoms with E-state index in [1.54, 1.807) is 0 Å². The van der Waals surface area contributed by atoms with Gasteiger partial charge in [0, 0.05) is 25.7 Å². The monoisotopic (exact) mass is 383 g/mol. The standard InChI is InChI=1S/C17H22ClN3O3S/c1-12-16(19-17(24-12)14-5-3-4-6-15(14)18)11-21-9-7-13(8-10-21)20-25(2,22)23/h3-6,13,20H,7-11H2,1-2H3. The van der Waals surface area contributed by atoms with Gasteiger partial charge in [0.15, 0.2) is 0 Å². The Kier molecular flexibility index (Phi) is 5.48. The summed E-state index contributed by atoms with van der Waals surface area (Å²) in [7, 11) is -3.15. The van der Waals surface area contributed by atoms with Gasteiger partial charge in [0.2, 0.25) is 15.9 Å². The third-order valence-corrected chi connectivity index (χ3v) is 5.43. The molecule has 0 radical (unpaired) electrons. The molecular formula is C17H22ClN3O3S. The maximum absolute atomic E-state index is 11.3. The summed E-state index contributed by atoms with van der Waals surface area (Å²) in [6.07, 6.45) is 2.79. The maximum atomic E-state index is 11.3. The first-order chi connectivity index (χ1) is 11.8. The van der Waals surface area contributed by atoms with E-state index < -0.39 is 10.0 Å². The number of halogens is 1. The summed E-state index contributed by atoms with van der Waals surface area (Å²) in [5.74, 6) is 1.32. The molecule has 0 atom stereocenters. The Morgan fingerprint density at radius 1 is 1.32 bits per heavy atom. The molecular weight excluding hydrogens is 362 g/mol. The molecule has 0 unspecified atom stereocenters. The molecule has 0 saturated carbocycles. The summed E-state index contributed by atoms with van der Waals surface area (Å²) in [4.78, 5) is 6.87. The van der Waals surface area contributed by atoms with E-state index in [2.05, 4.69) is 14.6 Å². The van der Waals surface area contributed by atoms with Crippen LogP contribution in [0.25, 0.3) is 11.5 Å². The second-order valence-corrected chi connectivity index (χ2v) is 8.63. The Labute approximate surface area is 153 Å². The van der Waals surface area contributed by atoms with Crippen molar-refractivity contribution in [3.8, 4) is 11.5 Å². The van der Waals surface area contributed by atoms with Gasteiger partial charge in [0.25, 0.3) is 0 Å². The molecule has 1 fully saturated rings. The highest BCUT2D eigenvalue weighted by Crippen LogP contribution is 2.29. The highest BCUT2D eigenvalue weighted by atomic mass is 35.5. The molecule has 0 spiro atoms. The van der Waals surface area contributed by atoms with Gasteiger partial charge in [-0.1, -0.05) is 23.7 Å². The van der Waals surface area contributed by atoms with Crippen LogP contribution in [0.5, 0.6) is 0 Å². The van der Waals surface area contributed by atoms with Gasteiger partial charge in [-0.25, -0.2) is 18.1 Å². The van der Waals surface area contributed by atoms with E-state index >= 15 is 0 Å². The number of hydrogen-bond acceptors (Lipinski definition) is 5. The zero-order valence-electron chi connectivity index (χ0n) is 14.3. The van der Waals surface area contributed by atoms with E-state index in [0.717, 1.165) is 42.9 Å². The number of piperidine rings is 1. The molecule has 8 heteroatoms. The van der Waals surface area contributed by atoms with Crippen LogP contribution in [0.15, 0.2) is 28.7 Å². The number of benzene rings is 1. The highest BCUT2D eigenvalue weighted by Gasteiger charge is 2.23. The molecule has 1 saturated heterocycles. The third-order valence-electron chi connectivity index (χ3n) is 4.34. The molecule has 1 aliphatic heterocycles. The van der Waals surface area contributed by atoms with Crippen molar-refractivity contribution < 1.29 is 12.8 Å². The molecule has 1 aliphatic rings. The Morgan fingerprint density at radius 3 is 2.64 bits per heavy atom. The van der Waals surface area contributed by atoms with E-state index in [-0.39, 0.29) is 6.04 Å². The summed E-state index contributed by atoms with van der Waals surface area (Å²) in [5, 5.41) is 0.614. The molecule has 3 rings (SSSR count). The number of nitrogens with one attached hydrogen (secondary N) is 1. The number of aryl methyl sites for hydroxylation is 1. The van der Waals surface area contributed by atoms with Crippen LogP contribution in [0.2, 0.25) is 5.02 Å². The van der Waals surface area contributed by atoms with Crippen LogP contribution in [0.3, 0.4) is 0 Å². The van der Waals surface area contributed by atoms with Crippen molar-refractivity contribution >= 4 is 21.6 Å². The lowest BCUT2D eigenvalue weighted by molar-refractivity contribution is 0.197. The summed E-state index contributed by atoms with van der Waals surface area (Å²) < 4.78 is 31.1. The number of nitrogens with zero attached hydrogens (tertiary/aromatic N) is 2. The molecule has 0 bridgehead atoms. The normalized spacial score (nSPS) is 17.1. The third kappa shape index (κ3) is 4.82. The SMILES string of the molecule is Cc1oc(-c2ccccc2Cl)nc1CN1CCC(NS(C)(=O)=O)CC1. The zero-order chi connectivity index (χ0) is 18.0. The molecule has 1 aromatic heterocycles. The minimum atomic E-state index is -3.15. The first-order valence-corrected chi connectivity index (χ1v) is 10.5. The van der Waals surface area contributed by atoms with Crippen LogP contribution in [0, 0.1) is 6.92 Å². The molecule has 0 aliphatic carbocycles. The van der Waals surface area contributed by atoms with Crippen molar-refractivity contribution in [3.63, 3.8) is 0 Å². The van der Waals surface area contributed by atoms with Crippen molar-refractivity contribution in [2.45, 2.75) is 32.4 Å². The van der Waals surface area contributed by atoms with Crippen molar-refractivity contribution in [1.29, 1.82) is 0 Å². The number of likely N-dealkylation sites (tertiary alicyclic amines) is 1. The molecule has 1 aromatic carbocycles. The summed E-state index contributed by atoms with van der Waals surface area (Å²) in [6.45, 7) is 4.23. The molecule has 0 amide bonds. The van der Waals surface area contributed by atoms with Crippen LogP contribution < -0.4 is 4.72 Å². The summed E-state index contributed by atoms with van der Waals surface area (Å²) in [6, 6.07) is 7.50. The van der Waals surface area contributed by atoms with Crippen LogP contribution in [-0.4, -0.2) is 43.7 Å². The topological polar surface area (TPSA) is 75.4 Å². The van der Waals surface area contributed by atoms with Crippen LogP contribution >= 0.6 is 11.6 Å². The first-order valence-electron chi connectivity index (χ1n) is 8.22. The van der Waals surface area contributed by atoms with Crippen molar-refractivity contribution in [3.05, 3.63) is 40.7 Å². The van der Waals surface area contributed by atoms with Gasteiger partial charge in [-0.15, -0.1) is 0 Å². The Morgan fingerprint density at radius 2 is 2.00 bits per heavy atom. The predicted molar refractivity (Wildman–Crippen MR) is 98.0 cm³/mol. The number of rotatable bonds is 5. The number of sulfonamides is 1. The number of oxazole rings is 1. The molecule has 1 N–H and O–H groups in total. The van der Waals surface area contributed by atoms with Crippen LogP contribution in [-0.2, 0) is 16.6 Å². The lowest BCUT2D eigenvalue weighted by Crippen LogP contribution is -2.44. The number of hydrogen-bond donors (Lipinski definition) is 1. The van der Waals surface area contributed by atoms with Gasteiger partial charge in [-0.3, -0.25) is 4.90 Å². The molecule has 6 nitrogen and oxygen atoms in total. The Balaban J connectivity index is 1.64. The van der Waals surface area contributed by atoms with Crippen molar-refractivity contribution in [2.24, 2.45) is 0 Å². The van der Waals surface area contributed by atoms with E-state index in [1.165, 1.54) is 6.26 Å². The first kappa shape index (κ1) is 18.4. The van der Waals surface area contributed by atoms with Crippen LogP contribution in [0.4, 0.5) is 0 Å². The minimum absolute atomic E-state index is 0.0170. The smallest absolute Gasteiger partial charge is 0.228 e. The van der Waals surface area contributed by atoms with E-state index in [0.29, 0.717) is 17.5 Å². The Hall–Kier alpha value is -1.41. The quantitative estimate of drug-likeness (QED) is 0.859. The van der Waals surface area contributed by atoms with Gasteiger partial charge in [0.05, 0.1) is 22.5 Å².